The highest BCUT2D eigenvalue weighted by atomic mass is 32.1. The van der Waals surface area contributed by atoms with Crippen LogP contribution in [0.3, 0.4) is 0 Å². The minimum absolute atomic E-state index is 0.542. The van der Waals surface area contributed by atoms with E-state index in [9.17, 15) is 5.26 Å². The predicted octanol–water partition coefficient (Wildman–Crippen LogP) is 25.0. The molecular formula is C93H53N11S4. The largest absolute Gasteiger partial charge is 0.226 e. The molecule has 0 bridgehead atoms. The quantitative estimate of drug-likeness (QED) is 0.122. The van der Waals surface area contributed by atoms with Crippen LogP contribution in [0.15, 0.2) is 322 Å². The lowest BCUT2D eigenvalue weighted by atomic mass is 10.0. The second-order valence-corrected chi connectivity index (χ2v) is 30.3. The molecule has 0 amide bonds. The van der Waals surface area contributed by atoms with Gasteiger partial charge in [0.05, 0.1) is 43.5 Å². The van der Waals surface area contributed by atoms with Crippen molar-refractivity contribution in [2.75, 3.05) is 0 Å². The molecular weight excluding hydrogens is 1400 g/mol. The molecule has 0 atom stereocenters. The number of hydrogen-bond donors (Lipinski definition) is 0. The summed E-state index contributed by atoms with van der Waals surface area (Å²) in [5.41, 5.74) is 16.0. The Hall–Kier alpha value is -13.6. The molecule has 0 saturated carbocycles. The fourth-order valence-corrected chi connectivity index (χ4v) is 18.9. The summed E-state index contributed by atoms with van der Waals surface area (Å²) in [4.78, 5) is 50.9. The van der Waals surface area contributed by atoms with Crippen LogP contribution in [0.1, 0.15) is 5.56 Å². The van der Waals surface area contributed by atoms with E-state index in [-0.39, 0.29) is 0 Å². The molecule has 0 aliphatic heterocycles. The van der Waals surface area contributed by atoms with Gasteiger partial charge in [0.2, 0.25) is 0 Å². The third-order valence-corrected chi connectivity index (χ3v) is 23.9. The van der Waals surface area contributed by atoms with Gasteiger partial charge in [-0.15, -0.1) is 45.3 Å². The Morgan fingerprint density at radius 1 is 0.213 bits per heavy atom. The van der Waals surface area contributed by atoms with Crippen LogP contribution >= 0.6 is 45.3 Å². The summed E-state index contributed by atoms with van der Waals surface area (Å²) in [5, 5.41) is 16.7. The average Bonchev–Trinajstić information content (AvgIpc) is 1.59. The highest BCUT2D eigenvalue weighted by molar-refractivity contribution is 7.27. The Morgan fingerprint density at radius 3 is 1.03 bits per heavy atom. The molecule has 504 valence electrons. The number of aromatic nitrogens is 10. The first-order valence-electron chi connectivity index (χ1n) is 35.1. The minimum atomic E-state index is 0.542. The second-order valence-electron chi connectivity index (χ2n) is 26.0. The van der Waals surface area contributed by atoms with Gasteiger partial charge in [-0.1, -0.05) is 267 Å². The van der Waals surface area contributed by atoms with Crippen LogP contribution in [0.25, 0.3) is 206 Å². The van der Waals surface area contributed by atoms with Crippen LogP contribution in [0.2, 0.25) is 0 Å². The fraction of sp³-hybridized carbons (Fsp3) is 0. The van der Waals surface area contributed by atoms with Crippen LogP contribution in [0, 0.1) is 11.3 Å². The van der Waals surface area contributed by atoms with Gasteiger partial charge in [-0.25, -0.2) is 49.8 Å². The maximum Gasteiger partial charge on any atom is 0.164 e. The van der Waals surface area contributed by atoms with Gasteiger partial charge in [0.25, 0.3) is 0 Å². The maximum atomic E-state index is 9.94. The molecule has 13 aromatic carbocycles. The lowest BCUT2D eigenvalue weighted by molar-refractivity contribution is 1.08. The van der Waals surface area contributed by atoms with Crippen molar-refractivity contribution < 1.29 is 0 Å². The van der Waals surface area contributed by atoms with Crippen molar-refractivity contribution >= 4 is 126 Å². The lowest BCUT2D eigenvalue weighted by Crippen LogP contribution is -2.00. The summed E-state index contributed by atoms with van der Waals surface area (Å²) in [7, 11) is 0. The van der Waals surface area contributed by atoms with Crippen LogP contribution in [0.4, 0.5) is 0 Å². The van der Waals surface area contributed by atoms with Crippen molar-refractivity contribution in [3.63, 3.8) is 0 Å². The van der Waals surface area contributed by atoms with Gasteiger partial charge in [0, 0.05) is 116 Å². The van der Waals surface area contributed by atoms with Crippen LogP contribution in [-0.2, 0) is 0 Å². The molecule has 8 heterocycles. The number of hydrogen-bond acceptors (Lipinski definition) is 15. The van der Waals surface area contributed by atoms with Gasteiger partial charge in [-0.2, -0.15) is 5.26 Å². The highest BCUT2D eigenvalue weighted by Crippen LogP contribution is 2.47. The first-order valence-corrected chi connectivity index (χ1v) is 38.4. The Morgan fingerprint density at radius 2 is 0.556 bits per heavy atom. The van der Waals surface area contributed by atoms with E-state index >= 15 is 0 Å². The Labute approximate surface area is 634 Å². The van der Waals surface area contributed by atoms with E-state index in [1.54, 1.807) is 45.3 Å². The van der Waals surface area contributed by atoms with Crippen molar-refractivity contribution in [3.8, 4) is 131 Å². The number of nitrogens with zero attached hydrogens (tertiary/aromatic N) is 11. The van der Waals surface area contributed by atoms with Gasteiger partial charge in [-0.3, -0.25) is 0 Å². The van der Waals surface area contributed by atoms with Crippen molar-refractivity contribution in [2.45, 2.75) is 0 Å². The summed E-state index contributed by atoms with van der Waals surface area (Å²) >= 11 is 6.97. The third-order valence-electron chi connectivity index (χ3n) is 19.4. The van der Waals surface area contributed by atoms with E-state index in [0.717, 1.165) is 145 Å². The minimum Gasteiger partial charge on any atom is -0.226 e. The van der Waals surface area contributed by atoms with Crippen molar-refractivity contribution in [3.05, 3.63) is 327 Å². The van der Waals surface area contributed by atoms with Gasteiger partial charge >= 0.3 is 0 Å². The lowest BCUT2D eigenvalue weighted by Gasteiger charge is -2.10. The Kier molecular flexibility index (Phi) is 16.1. The molecule has 0 radical (unpaired) electrons. The molecule has 21 aromatic rings. The first kappa shape index (κ1) is 64.0. The summed E-state index contributed by atoms with van der Waals surface area (Å²) in [6.45, 7) is 0. The van der Waals surface area contributed by atoms with E-state index in [2.05, 4.69) is 170 Å². The molecule has 8 aromatic heterocycles. The molecule has 0 N–H and O–H groups in total. The zero-order valence-corrected chi connectivity index (χ0v) is 60.4. The van der Waals surface area contributed by atoms with Crippen LogP contribution < -0.4 is 0 Å². The highest BCUT2D eigenvalue weighted by Gasteiger charge is 2.24. The zero-order chi connectivity index (χ0) is 71.6. The molecule has 108 heavy (non-hydrogen) atoms. The van der Waals surface area contributed by atoms with E-state index in [1.165, 1.54) is 14.1 Å². The monoisotopic (exact) mass is 1450 g/mol. The zero-order valence-electron chi connectivity index (χ0n) is 57.2. The summed E-state index contributed by atoms with van der Waals surface area (Å²) in [6, 6.07) is 112. The van der Waals surface area contributed by atoms with Gasteiger partial charge < -0.3 is 0 Å². The second kappa shape index (κ2) is 27.1. The first-order chi connectivity index (χ1) is 53.4. The van der Waals surface area contributed by atoms with Crippen molar-refractivity contribution in [1.29, 1.82) is 5.26 Å². The summed E-state index contributed by atoms with van der Waals surface area (Å²) in [6.07, 6.45) is 0. The Balaban J connectivity index is 0.000000143. The Bertz CT molecular complexity index is 7020. The molecule has 11 nitrogen and oxygen atoms in total. The molecule has 0 fully saturated rings. The number of nitriles is 1. The number of fused-ring (bicyclic) bond motifs is 12. The molecule has 15 heteroatoms. The molecule has 0 aliphatic carbocycles. The van der Waals surface area contributed by atoms with Gasteiger partial charge in [-0.05, 0) is 65.7 Å². The van der Waals surface area contributed by atoms with Crippen molar-refractivity contribution in [1.82, 2.24) is 49.8 Å². The topological polar surface area (TPSA) is 153 Å². The number of benzene rings is 13. The SMILES string of the molecule is N#Cc1ccccc1-c1nc(-c2ccc3c(c2)sc2cccc(-c4nc(-c5ccccc5)nc(-c5ccccc5)n4)c23)c2sc3ccccc3c2n1.c1ccc(-c2cccc(-c3nc(-c4ccc5c(c4)sc4cccc(-c6nc(-c7ccccc7)nc(-c7ccccc7)n6)c45)c4sc5ccccc5c4n3)c2)cc1. The van der Waals surface area contributed by atoms with Gasteiger partial charge in [0.15, 0.2) is 46.6 Å². The molecule has 0 aliphatic rings. The number of thiophene rings is 4. The van der Waals surface area contributed by atoms with Crippen LogP contribution in [0.5, 0.6) is 0 Å². The number of rotatable bonds is 11. The van der Waals surface area contributed by atoms with Crippen LogP contribution in [-0.4, -0.2) is 49.8 Å². The van der Waals surface area contributed by atoms with Crippen molar-refractivity contribution in [2.24, 2.45) is 0 Å². The third kappa shape index (κ3) is 11.7. The van der Waals surface area contributed by atoms with E-state index < -0.39 is 0 Å². The van der Waals surface area contributed by atoms with E-state index in [0.29, 0.717) is 52.2 Å². The maximum absolute atomic E-state index is 9.94. The smallest absolute Gasteiger partial charge is 0.164 e. The average molecular weight is 1450 g/mol. The summed E-state index contributed by atoms with van der Waals surface area (Å²) in [5.74, 6) is 5.10. The molecule has 21 rings (SSSR count). The summed E-state index contributed by atoms with van der Waals surface area (Å²) < 4.78 is 9.07. The van der Waals surface area contributed by atoms with E-state index in [1.807, 2.05) is 158 Å². The fourth-order valence-electron chi connectivity index (χ4n) is 14.2. The molecule has 0 saturated heterocycles. The standard InChI is InChI=1S/C49H29N5S2.C44H24N6S2/c1-4-14-30(15-5-1)33-20-12-21-35(28-33)48-50-43(45-44(51-48)37-22-10-11-24-39(37)56-45)34-26-27-36-41(29-34)55-40-25-13-23-38(42(36)40)49-53-46(31-16-6-2-7-17-31)52-47(54-49)32-18-8-3-9-19-32;45-25-29-16-7-8-17-30(29)43-46-38(40-39(47-43)32-18-9-10-20-34(32)52-40)28-22-23-31-36(24-28)51-35-21-11-19-33(37(31)35)44-49-41(26-12-3-1-4-13-26)48-42(50-44)27-14-5-2-6-15-27/h1-29H;1-24H. The van der Waals surface area contributed by atoms with Gasteiger partial charge in [0.1, 0.15) is 0 Å². The predicted molar refractivity (Wildman–Crippen MR) is 447 cm³/mol. The molecule has 0 spiro atoms. The molecule has 0 unspecified atom stereocenters. The van der Waals surface area contributed by atoms with E-state index in [4.69, 9.17) is 49.8 Å². The normalized spacial score (nSPS) is 11.5.